The number of rotatable bonds is 6. The minimum Gasteiger partial charge on any atom is -0.475 e. The molecule has 0 spiro atoms. The van der Waals surface area contributed by atoms with Gasteiger partial charge in [0.05, 0.1) is 47.1 Å². The van der Waals surface area contributed by atoms with Gasteiger partial charge in [-0.1, -0.05) is 59.4 Å². The number of para-hydroxylation sites is 2. The molecule has 10 nitrogen and oxygen atoms in total. The van der Waals surface area contributed by atoms with Crippen LogP contribution < -0.4 is 8.61 Å². The average molecular weight is 613 g/mol. The van der Waals surface area contributed by atoms with Gasteiger partial charge in [-0.3, -0.25) is 8.61 Å². The van der Waals surface area contributed by atoms with Gasteiger partial charge in [-0.25, -0.2) is 26.8 Å². The normalized spacial score (nSPS) is 17.2. The Balaban J connectivity index is 0.000000681. The minimum absolute atomic E-state index is 0. The predicted molar refractivity (Wildman–Crippen MR) is 173 cm³/mol. The summed E-state index contributed by atoms with van der Waals surface area (Å²) in [6, 6.07) is 14.6. The zero-order valence-corrected chi connectivity index (χ0v) is 26.9. The lowest BCUT2D eigenvalue weighted by molar-refractivity contribution is 0.324. The van der Waals surface area contributed by atoms with E-state index in [0.717, 1.165) is 0 Å². The van der Waals surface area contributed by atoms with Crippen LogP contribution in [0.25, 0.3) is 0 Å². The molecule has 0 saturated heterocycles. The number of aliphatic imine (C=N–C) groups is 2. The highest BCUT2D eigenvalue weighted by Gasteiger charge is 2.24. The van der Waals surface area contributed by atoms with Gasteiger partial charge < -0.3 is 9.47 Å². The van der Waals surface area contributed by atoms with E-state index < -0.39 is 20.0 Å². The maximum Gasteiger partial charge on any atom is 0.232 e. The van der Waals surface area contributed by atoms with Gasteiger partial charge >= 0.3 is 0 Å². The van der Waals surface area contributed by atoms with Crippen molar-refractivity contribution in [2.75, 3.05) is 48.4 Å². The maximum atomic E-state index is 11.6. The molecule has 41 heavy (non-hydrogen) atoms. The van der Waals surface area contributed by atoms with Crippen LogP contribution in [-0.4, -0.2) is 80.5 Å². The monoisotopic (exact) mass is 612 g/mol. The van der Waals surface area contributed by atoms with Gasteiger partial charge in [-0.05, 0) is 38.1 Å². The van der Waals surface area contributed by atoms with Crippen molar-refractivity contribution in [1.29, 1.82) is 0 Å². The number of sulfonamides is 2. The molecule has 0 fully saturated rings. The molecule has 0 aliphatic carbocycles. The van der Waals surface area contributed by atoms with Crippen LogP contribution in [0.2, 0.25) is 0 Å². The molecule has 2 aromatic carbocycles. The van der Waals surface area contributed by atoms with Crippen molar-refractivity contribution in [3.63, 3.8) is 0 Å². The Bertz CT molecular complexity index is 1270. The molecule has 2 heterocycles. The van der Waals surface area contributed by atoms with Crippen molar-refractivity contribution in [2.45, 2.75) is 61.1 Å². The van der Waals surface area contributed by atoms with Gasteiger partial charge in [-0.15, -0.1) is 0 Å². The molecule has 2 aromatic rings. The second-order valence-electron chi connectivity index (χ2n) is 8.68. The highest BCUT2D eigenvalue weighted by atomic mass is 32.2. The molecule has 4 rings (SSSR count). The van der Waals surface area contributed by atoms with Crippen LogP contribution in [0.1, 0.15) is 60.1 Å². The van der Waals surface area contributed by atoms with E-state index in [0.29, 0.717) is 47.5 Å². The summed E-state index contributed by atoms with van der Waals surface area (Å²) in [6.07, 6.45) is 2.34. The van der Waals surface area contributed by atoms with E-state index in [1.54, 1.807) is 24.3 Å². The van der Waals surface area contributed by atoms with Crippen LogP contribution in [0.4, 0.5) is 11.4 Å². The molecule has 0 saturated carbocycles. The molecule has 2 atom stereocenters. The second kappa shape index (κ2) is 17.0. The van der Waals surface area contributed by atoms with Crippen molar-refractivity contribution < 1.29 is 26.3 Å². The van der Waals surface area contributed by atoms with Crippen molar-refractivity contribution >= 4 is 43.2 Å². The van der Waals surface area contributed by atoms with Crippen LogP contribution in [0.15, 0.2) is 58.5 Å². The molecule has 232 valence electrons. The molecule has 0 bridgehead atoms. The van der Waals surface area contributed by atoms with Crippen LogP contribution >= 0.6 is 0 Å². The smallest absolute Gasteiger partial charge is 0.232 e. The lowest BCUT2D eigenvalue weighted by Crippen LogP contribution is -2.26. The Hall–Kier alpha value is -3.12. The second-order valence-corrected chi connectivity index (χ2v) is 12.7. The van der Waals surface area contributed by atoms with Crippen LogP contribution in [0, 0.1) is 0 Å². The molecule has 12 heteroatoms. The molecular formula is C29H48N4O6S2. The van der Waals surface area contributed by atoms with Crippen LogP contribution in [0.3, 0.4) is 0 Å². The summed E-state index contributed by atoms with van der Waals surface area (Å²) >= 11 is 0. The Kier molecular flexibility index (Phi) is 15.7. The highest BCUT2D eigenvalue weighted by molar-refractivity contribution is 7.92. The van der Waals surface area contributed by atoms with E-state index in [2.05, 4.69) is 9.98 Å². The third kappa shape index (κ3) is 10.7. The Morgan fingerprint density at radius 3 is 1.20 bits per heavy atom. The summed E-state index contributed by atoms with van der Waals surface area (Å²) in [4.78, 5) is 8.71. The third-order valence-corrected chi connectivity index (χ3v) is 7.92. The van der Waals surface area contributed by atoms with Crippen LogP contribution in [-0.2, 0) is 29.5 Å². The van der Waals surface area contributed by atoms with E-state index in [1.807, 2.05) is 65.8 Å². The fourth-order valence-corrected chi connectivity index (χ4v) is 4.49. The summed E-state index contributed by atoms with van der Waals surface area (Å²) in [5.74, 6) is 1.02. The zero-order chi connectivity index (χ0) is 30.7. The third-order valence-electron chi connectivity index (χ3n) is 5.54. The molecular weight excluding hydrogens is 564 g/mol. The lowest BCUT2D eigenvalue weighted by Gasteiger charge is -2.19. The standard InChI is InChI=1S/2C12H16N2O3S.2C2H6.CH4/c2*1-9-8-17-12(13-9)10-6-4-5-7-11(10)14(2)18(3,15)16;2*1-2;/h2*4-7,9H,8H2,1-3H3;2*1-2H3;1H4/t2*9-;;;/m10.../s1. The number of nitrogens with zero attached hydrogens (tertiary/aromatic N) is 4. The quantitative estimate of drug-likeness (QED) is 0.444. The molecule has 0 N–H and O–H groups in total. The molecule has 0 aromatic heterocycles. The summed E-state index contributed by atoms with van der Waals surface area (Å²) in [5, 5.41) is 0. The fourth-order valence-electron chi connectivity index (χ4n) is 3.46. The lowest BCUT2D eigenvalue weighted by atomic mass is 10.2. The maximum absolute atomic E-state index is 11.6. The minimum atomic E-state index is -3.30. The first-order chi connectivity index (χ1) is 18.8. The van der Waals surface area contributed by atoms with Crippen molar-refractivity contribution in [1.82, 2.24) is 0 Å². The SMILES string of the molecule is C.CC.CC.C[C@@H]1COC(c2ccccc2N(C)S(C)(=O)=O)=N1.C[C@H]1COC(c2ccccc2N(C)S(C)(=O)=O)=N1. The zero-order valence-electron chi connectivity index (χ0n) is 25.2. The van der Waals surface area contributed by atoms with Gasteiger partial charge in [-0.2, -0.15) is 0 Å². The first-order valence-corrected chi connectivity index (χ1v) is 17.0. The largest absolute Gasteiger partial charge is 0.475 e. The summed E-state index contributed by atoms with van der Waals surface area (Å²) < 4.78 is 59.9. The van der Waals surface area contributed by atoms with Gasteiger partial charge in [0.2, 0.25) is 31.8 Å². The van der Waals surface area contributed by atoms with E-state index in [9.17, 15) is 16.8 Å². The first-order valence-electron chi connectivity index (χ1n) is 13.3. The summed E-state index contributed by atoms with van der Waals surface area (Å²) in [5.41, 5.74) is 2.56. The highest BCUT2D eigenvalue weighted by Crippen LogP contribution is 2.26. The fraction of sp³-hybridized carbons (Fsp3) is 0.517. The van der Waals surface area contributed by atoms with Gasteiger partial charge in [0.1, 0.15) is 13.2 Å². The van der Waals surface area contributed by atoms with E-state index >= 15 is 0 Å². The Morgan fingerprint density at radius 1 is 0.659 bits per heavy atom. The number of anilines is 2. The Morgan fingerprint density at radius 2 is 0.951 bits per heavy atom. The molecule has 0 amide bonds. The number of hydrogen-bond acceptors (Lipinski definition) is 8. The number of benzene rings is 2. The topological polar surface area (TPSA) is 118 Å². The van der Waals surface area contributed by atoms with Crippen molar-refractivity contribution in [2.24, 2.45) is 9.98 Å². The molecule has 2 aliphatic heterocycles. The number of ether oxygens (including phenoxy) is 2. The molecule has 0 radical (unpaired) electrons. The van der Waals surface area contributed by atoms with E-state index in [4.69, 9.17) is 9.47 Å². The van der Waals surface area contributed by atoms with Gasteiger partial charge in [0.25, 0.3) is 0 Å². The van der Waals surface area contributed by atoms with Crippen molar-refractivity contribution in [3.05, 3.63) is 59.7 Å². The van der Waals surface area contributed by atoms with Gasteiger partial charge in [0, 0.05) is 14.1 Å². The van der Waals surface area contributed by atoms with Crippen LogP contribution in [0.5, 0.6) is 0 Å². The predicted octanol–water partition coefficient (Wildman–Crippen LogP) is 5.18. The molecule has 2 aliphatic rings. The first kappa shape index (κ1) is 37.9. The van der Waals surface area contributed by atoms with Gasteiger partial charge in [0.15, 0.2) is 0 Å². The summed E-state index contributed by atoms with van der Waals surface area (Å²) in [6.45, 7) is 13.0. The summed E-state index contributed by atoms with van der Waals surface area (Å²) in [7, 11) is -3.56. The number of hydrogen-bond donors (Lipinski definition) is 0. The van der Waals surface area contributed by atoms with Crippen molar-refractivity contribution in [3.8, 4) is 0 Å². The molecule has 0 unspecified atom stereocenters. The Labute approximate surface area is 248 Å². The average Bonchev–Trinajstić information content (AvgIpc) is 3.57. The van der Waals surface area contributed by atoms with E-state index in [1.165, 1.54) is 35.2 Å². The van der Waals surface area contributed by atoms with E-state index in [-0.39, 0.29) is 19.5 Å².